The van der Waals surface area contributed by atoms with E-state index in [1.54, 1.807) is 18.2 Å². The number of carbonyl (C=O) groups is 1. The van der Waals surface area contributed by atoms with E-state index in [9.17, 15) is 4.79 Å². The molecule has 202 valence electrons. The van der Waals surface area contributed by atoms with E-state index in [0.717, 1.165) is 41.4 Å². The molecule has 0 radical (unpaired) electrons. The maximum Gasteiger partial charge on any atom is 0.262 e. The molecule has 0 unspecified atom stereocenters. The van der Waals surface area contributed by atoms with Gasteiger partial charge in [-0.05, 0) is 102 Å². The Morgan fingerprint density at radius 1 is 1.08 bits per heavy atom. The topological polar surface area (TPSA) is 66.9 Å². The summed E-state index contributed by atoms with van der Waals surface area (Å²) in [6.07, 6.45) is 5.14. The zero-order valence-electron chi connectivity index (χ0n) is 22.5. The van der Waals surface area contributed by atoms with Gasteiger partial charge in [0.1, 0.15) is 17.3 Å². The van der Waals surface area contributed by atoms with Crippen LogP contribution >= 0.6 is 11.6 Å². The number of aryl methyl sites for hydroxylation is 1. The summed E-state index contributed by atoms with van der Waals surface area (Å²) >= 11 is 6.30. The van der Waals surface area contributed by atoms with Gasteiger partial charge in [-0.2, -0.15) is 0 Å². The molecule has 0 spiro atoms. The molecular formula is C30H37ClN4O3. The van der Waals surface area contributed by atoms with Crippen LogP contribution < -0.4 is 19.7 Å². The van der Waals surface area contributed by atoms with E-state index in [1.165, 1.54) is 38.8 Å². The summed E-state index contributed by atoms with van der Waals surface area (Å²) in [5.74, 6) is 1.89. The molecule has 0 aliphatic carbocycles. The normalized spacial score (nSPS) is 16.8. The largest absolute Gasteiger partial charge is 0.491 e. The molecule has 0 atom stereocenters. The van der Waals surface area contributed by atoms with Crippen LogP contribution in [0.4, 0.5) is 11.5 Å². The zero-order valence-corrected chi connectivity index (χ0v) is 23.3. The average Bonchev–Trinajstić information content (AvgIpc) is 3.43. The van der Waals surface area contributed by atoms with Crippen molar-refractivity contribution in [3.05, 3.63) is 53.1 Å². The molecule has 1 aromatic heterocycles. The van der Waals surface area contributed by atoms with Gasteiger partial charge < -0.3 is 24.6 Å². The number of halogens is 1. The van der Waals surface area contributed by atoms with Gasteiger partial charge in [0, 0.05) is 36.3 Å². The van der Waals surface area contributed by atoms with Crippen LogP contribution in [0.15, 0.2) is 42.5 Å². The first kappa shape index (κ1) is 26.6. The highest BCUT2D eigenvalue weighted by atomic mass is 35.5. The van der Waals surface area contributed by atoms with Gasteiger partial charge in [0.25, 0.3) is 5.91 Å². The summed E-state index contributed by atoms with van der Waals surface area (Å²) in [5, 5.41) is 4.36. The quantitative estimate of drug-likeness (QED) is 0.377. The maximum absolute atomic E-state index is 12.6. The van der Waals surface area contributed by atoms with E-state index in [4.69, 9.17) is 26.1 Å². The molecule has 7 nitrogen and oxygen atoms in total. The minimum absolute atomic E-state index is 0.0492. The van der Waals surface area contributed by atoms with Crippen LogP contribution in [-0.4, -0.2) is 60.7 Å². The number of piperidine rings is 1. The summed E-state index contributed by atoms with van der Waals surface area (Å²) in [6, 6.07) is 13.9. The van der Waals surface area contributed by atoms with Crippen molar-refractivity contribution in [1.29, 1.82) is 0 Å². The van der Waals surface area contributed by atoms with Gasteiger partial charge in [-0.1, -0.05) is 11.6 Å². The number of aromatic nitrogens is 1. The lowest BCUT2D eigenvalue weighted by Crippen LogP contribution is -2.44. The summed E-state index contributed by atoms with van der Waals surface area (Å²) in [4.78, 5) is 22.6. The first-order valence-electron chi connectivity index (χ1n) is 13.6. The van der Waals surface area contributed by atoms with Crippen molar-refractivity contribution in [3.8, 4) is 11.5 Å². The summed E-state index contributed by atoms with van der Waals surface area (Å²) in [5.41, 5.74) is 2.79. The second-order valence-electron chi connectivity index (χ2n) is 10.6. The first-order valence-corrected chi connectivity index (χ1v) is 14.0. The Morgan fingerprint density at radius 2 is 1.84 bits per heavy atom. The Hall–Kier alpha value is -3.03. The molecule has 1 amide bonds. The lowest BCUT2D eigenvalue weighted by Gasteiger charge is -2.37. The third kappa shape index (κ3) is 6.33. The second-order valence-corrected chi connectivity index (χ2v) is 11.0. The number of nitrogens with one attached hydrogen (secondary N) is 1. The number of anilines is 2. The number of hydrogen-bond donors (Lipinski definition) is 1. The number of likely N-dealkylation sites (tertiary alicyclic amines) is 1. The van der Waals surface area contributed by atoms with Crippen LogP contribution in [0.25, 0.3) is 10.9 Å². The van der Waals surface area contributed by atoms with E-state index in [2.05, 4.69) is 28.1 Å². The predicted molar refractivity (Wildman–Crippen MR) is 154 cm³/mol. The van der Waals surface area contributed by atoms with Crippen LogP contribution in [-0.2, 0) is 4.79 Å². The predicted octanol–water partition coefficient (Wildman–Crippen LogP) is 6.07. The number of nitrogens with zero attached hydrogens (tertiary/aromatic N) is 3. The molecule has 2 aromatic carbocycles. The van der Waals surface area contributed by atoms with E-state index < -0.39 is 0 Å². The highest BCUT2D eigenvalue weighted by molar-refractivity contribution is 6.32. The van der Waals surface area contributed by atoms with Crippen LogP contribution in [0.1, 0.15) is 45.1 Å². The average molecular weight is 537 g/mol. The molecule has 0 saturated carbocycles. The van der Waals surface area contributed by atoms with Crippen LogP contribution in [0.5, 0.6) is 11.5 Å². The third-order valence-electron chi connectivity index (χ3n) is 7.37. The van der Waals surface area contributed by atoms with Crippen molar-refractivity contribution in [2.24, 2.45) is 0 Å². The number of benzene rings is 2. The summed E-state index contributed by atoms with van der Waals surface area (Å²) < 4.78 is 11.3. The van der Waals surface area contributed by atoms with Crippen LogP contribution in [0.2, 0.25) is 5.02 Å². The fraction of sp³-hybridized carbons (Fsp3) is 0.467. The standard InChI is InChI=1S/C30H37ClN4O3/c1-20(2)38-24-7-9-28(26(31)18-24)37-19-30(36)32-22-6-8-27-25(17-22)21(3)16-29(33-27)35-14-10-23(11-15-35)34-12-4-5-13-34/h6-9,16-18,20,23H,4-5,10-15,19H2,1-3H3,(H,32,36). The molecule has 8 heteroatoms. The monoisotopic (exact) mass is 536 g/mol. The van der Waals surface area contributed by atoms with Gasteiger partial charge >= 0.3 is 0 Å². The van der Waals surface area contributed by atoms with Crippen molar-refractivity contribution < 1.29 is 14.3 Å². The first-order chi connectivity index (χ1) is 18.4. The number of rotatable bonds is 8. The zero-order chi connectivity index (χ0) is 26.6. The van der Waals surface area contributed by atoms with Crippen molar-refractivity contribution in [1.82, 2.24) is 9.88 Å². The Morgan fingerprint density at radius 3 is 2.55 bits per heavy atom. The van der Waals surface area contributed by atoms with Gasteiger partial charge in [-0.3, -0.25) is 4.79 Å². The van der Waals surface area contributed by atoms with Crippen molar-refractivity contribution in [3.63, 3.8) is 0 Å². The van der Waals surface area contributed by atoms with Crippen molar-refractivity contribution >= 4 is 39.9 Å². The Labute approximate surface area is 230 Å². The van der Waals surface area contributed by atoms with E-state index in [-0.39, 0.29) is 18.6 Å². The number of hydrogen-bond acceptors (Lipinski definition) is 6. The molecule has 2 aliphatic rings. The Balaban J connectivity index is 1.19. The summed E-state index contributed by atoms with van der Waals surface area (Å²) in [7, 11) is 0. The molecule has 38 heavy (non-hydrogen) atoms. The molecule has 2 saturated heterocycles. The number of ether oxygens (including phenoxy) is 2. The number of carbonyl (C=O) groups excluding carboxylic acids is 1. The smallest absolute Gasteiger partial charge is 0.262 e. The molecule has 2 fully saturated rings. The molecule has 0 bridgehead atoms. The number of fused-ring (bicyclic) bond motifs is 1. The maximum atomic E-state index is 12.6. The van der Waals surface area contributed by atoms with Crippen LogP contribution in [0.3, 0.4) is 0 Å². The molecule has 2 aliphatic heterocycles. The minimum Gasteiger partial charge on any atom is -0.491 e. The fourth-order valence-corrected chi connectivity index (χ4v) is 5.69. The minimum atomic E-state index is -0.258. The Kier molecular flexibility index (Phi) is 8.24. The second kappa shape index (κ2) is 11.8. The molecule has 1 N–H and O–H groups in total. The lowest BCUT2D eigenvalue weighted by atomic mass is 10.0. The van der Waals surface area contributed by atoms with Crippen molar-refractivity contribution in [2.75, 3.05) is 43.0 Å². The Bertz CT molecular complexity index is 1280. The van der Waals surface area contributed by atoms with Gasteiger partial charge in [-0.15, -0.1) is 0 Å². The molecule has 3 heterocycles. The SMILES string of the molecule is Cc1cc(N2CCC(N3CCCC3)CC2)nc2ccc(NC(=O)COc3ccc(OC(C)C)cc3Cl)cc12. The van der Waals surface area contributed by atoms with Gasteiger partial charge in [0.15, 0.2) is 6.61 Å². The van der Waals surface area contributed by atoms with Gasteiger partial charge in [-0.25, -0.2) is 4.98 Å². The van der Waals surface area contributed by atoms with Crippen molar-refractivity contribution in [2.45, 2.75) is 58.6 Å². The van der Waals surface area contributed by atoms with Crippen LogP contribution in [0, 0.1) is 6.92 Å². The fourth-order valence-electron chi connectivity index (χ4n) is 5.47. The number of amides is 1. The van der Waals surface area contributed by atoms with Gasteiger partial charge in [0.2, 0.25) is 0 Å². The van der Waals surface area contributed by atoms with E-state index >= 15 is 0 Å². The van der Waals surface area contributed by atoms with E-state index in [1.807, 2.05) is 32.0 Å². The molecule has 3 aromatic rings. The van der Waals surface area contributed by atoms with E-state index in [0.29, 0.717) is 22.2 Å². The highest BCUT2D eigenvalue weighted by Crippen LogP contribution is 2.30. The number of pyridine rings is 1. The lowest BCUT2D eigenvalue weighted by molar-refractivity contribution is -0.118. The summed E-state index contributed by atoms with van der Waals surface area (Å²) in [6.45, 7) is 10.5. The third-order valence-corrected chi connectivity index (χ3v) is 7.66. The molecular weight excluding hydrogens is 500 g/mol. The highest BCUT2D eigenvalue weighted by Gasteiger charge is 2.27. The van der Waals surface area contributed by atoms with Gasteiger partial charge in [0.05, 0.1) is 16.6 Å². The molecule has 5 rings (SSSR count).